The molecule has 0 saturated heterocycles. The van der Waals surface area contributed by atoms with Crippen molar-refractivity contribution in [3.05, 3.63) is 29.8 Å². The Kier molecular flexibility index (Phi) is 5.56. The van der Waals surface area contributed by atoms with Gasteiger partial charge in [-0.05, 0) is 31.4 Å². The van der Waals surface area contributed by atoms with Crippen LogP contribution in [0.25, 0.3) is 0 Å². The third-order valence-corrected chi connectivity index (χ3v) is 3.66. The average Bonchev–Trinajstić information content (AvgIpc) is 2.53. The van der Waals surface area contributed by atoms with E-state index in [1.807, 2.05) is 24.3 Å². The van der Waals surface area contributed by atoms with Gasteiger partial charge in [-0.15, -0.1) is 0 Å². The fraction of sp³-hybridized carbons (Fsp3) is 0.438. The summed E-state index contributed by atoms with van der Waals surface area (Å²) in [4.78, 5) is 36.4. The molecule has 3 amide bonds. The van der Waals surface area contributed by atoms with E-state index in [1.165, 1.54) is 0 Å². The van der Waals surface area contributed by atoms with E-state index in [1.54, 1.807) is 11.8 Å². The van der Waals surface area contributed by atoms with Gasteiger partial charge in [-0.1, -0.05) is 18.2 Å². The standard InChI is InChI=1S/C16H21N3O4/c1-11(23-14(20)8-9-18-16(17)22)15(21)19-10-4-6-12-5-2-3-7-13(12)19/h2-3,5,7,11H,4,6,8-10H2,1H3,(H3,17,18,22)/t11-/m1/s1. The van der Waals surface area contributed by atoms with Crippen molar-refractivity contribution in [2.75, 3.05) is 18.0 Å². The molecular formula is C16H21N3O4. The van der Waals surface area contributed by atoms with E-state index < -0.39 is 18.1 Å². The smallest absolute Gasteiger partial charge is 0.312 e. The molecule has 0 unspecified atom stereocenters. The lowest BCUT2D eigenvalue weighted by atomic mass is 10.0. The number of nitrogens with one attached hydrogen (secondary N) is 1. The lowest BCUT2D eigenvalue weighted by molar-refractivity contribution is -0.153. The molecule has 7 heteroatoms. The molecule has 1 aromatic carbocycles. The minimum atomic E-state index is -0.873. The van der Waals surface area contributed by atoms with Crippen LogP contribution in [0.15, 0.2) is 24.3 Å². The van der Waals surface area contributed by atoms with Gasteiger partial charge in [0.25, 0.3) is 5.91 Å². The number of ether oxygens (including phenoxy) is 1. The molecule has 1 heterocycles. The summed E-state index contributed by atoms with van der Waals surface area (Å²) in [5, 5.41) is 2.30. The highest BCUT2D eigenvalue weighted by atomic mass is 16.5. The topological polar surface area (TPSA) is 102 Å². The molecule has 0 radical (unpaired) electrons. The van der Waals surface area contributed by atoms with Crippen LogP contribution in [-0.2, 0) is 20.7 Å². The van der Waals surface area contributed by atoms with Gasteiger partial charge in [0.05, 0.1) is 6.42 Å². The summed E-state index contributed by atoms with van der Waals surface area (Å²) in [6.45, 7) is 2.25. The molecule has 0 bridgehead atoms. The molecule has 0 fully saturated rings. The van der Waals surface area contributed by atoms with Crippen LogP contribution in [-0.4, -0.2) is 37.1 Å². The molecule has 1 aromatic rings. The van der Waals surface area contributed by atoms with Crippen LogP contribution in [0.4, 0.5) is 10.5 Å². The Morgan fingerprint density at radius 2 is 2.09 bits per heavy atom. The number of carbonyl (C=O) groups excluding carboxylic acids is 3. The molecule has 2 rings (SSSR count). The number of nitrogens with two attached hydrogens (primary N) is 1. The van der Waals surface area contributed by atoms with Crippen LogP contribution in [0.2, 0.25) is 0 Å². The zero-order chi connectivity index (χ0) is 16.8. The Hall–Kier alpha value is -2.57. The molecule has 124 valence electrons. The van der Waals surface area contributed by atoms with Gasteiger partial charge >= 0.3 is 12.0 Å². The Morgan fingerprint density at radius 1 is 1.35 bits per heavy atom. The summed E-state index contributed by atoms with van der Waals surface area (Å²) in [5.74, 6) is -0.793. The van der Waals surface area contributed by atoms with E-state index in [4.69, 9.17) is 10.5 Å². The predicted molar refractivity (Wildman–Crippen MR) is 84.9 cm³/mol. The number of rotatable bonds is 5. The fourth-order valence-corrected chi connectivity index (χ4v) is 2.58. The van der Waals surface area contributed by atoms with Crippen molar-refractivity contribution in [2.24, 2.45) is 5.73 Å². The van der Waals surface area contributed by atoms with Crippen molar-refractivity contribution in [1.82, 2.24) is 5.32 Å². The fourth-order valence-electron chi connectivity index (χ4n) is 2.58. The quantitative estimate of drug-likeness (QED) is 0.789. The minimum absolute atomic E-state index is 0.0306. The first-order valence-electron chi connectivity index (χ1n) is 7.61. The van der Waals surface area contributed by atoms with Gasteiger partial charge < -0.3 is 20.7 Å². The van der Waals surface area contributed by atoms with E-state index >= 15 is 0 Å². The number of carbonyl (C=O) groups is 3. The number of benzene rings is 1. The Labute approximate surface area is 134 Å². The van der Waals surface area contributed by atoms with Crippen LogP contribution in [0.1, 0.15) is 25.3 Å². The molecule has 1 aliphatic rings. The lowest BCUT2D eigenvalue weighted by Crippen LogP contribution is -2.43. The molecule has 0 spiro atoms. The lowest BCUT2D eigenvalue weighted by Gasteiger charge is -2.31. The van der Waals surface area contributed by atoms with Gasteiger partial charge in [0.2, 0.25) is 0 Å². The number of hydrogen-bond donors (Lipinski definition) is 2. The van der Waals surface area contributed by atoms with E-state index in [0.717, 1.165) is 24.1 Å². The number of aryl methyl sites for hydroxylation is 1. The molecule has 23 heavy (non-hydrogen) atoms. The molecular weight excluding hydrogens is 298 g/mol. The average molecular weight is 319 g/mol. The number of nitrogens with zero attached hydrogens (tertiary/aromatic N) is 1. The Bertz CT molecular complexity index is 603. The first kappa shape index (κ1) is 16.8. The number of amides is 3. The molecule has 7 nitrogen and oxygen atoms in total. The van der Waals surface area contributed by atoms with Gasteiger partial charge in [-0.25, -0.2) is 4.79 Å². The summed E-state index contributed by atoms with van der Waals surface area (Å²) in [6.07, 6.45) is 0.915. The number of primary amides is 1. The number of hydrogen-bond acceptors (Lipinski definition) is 4. The summed E-state index contributed by atoms with van der Waals surface area (Å²) in [6, 6.07) is 7.03. The largest absolute Gasteiger partial charge is 0.452 e. The number of esters is 1. The second kappa shape index (κ2) is 7.62. The van der Waals surface area contributed by atoms with Crippen molar-refractivity contribution in [3.8, 4) is 0 Å². The molecule has 0 aromatic heterocycles. The van der Waals surface area contributed by atoms with Crippen molar-refractivity contribution >= 4 is 23.6 Å². The molecule has 1 aliphatic heterocycles. The first-order valence-corrected chi connectivity index (χ1v) is 7.61. The molecule has 3 N–H and O–H groups in total. The van der Waals surface area contributed by atoms with Gasteiger partial charge in [0.15, 0.2) is 6.10 Å². The molecule has 0 saturated carbocycles. The maximum Gasteiger partial charge on any atom is 0.312 e. The maximum absolute atomic E-state index is 12.5. The SMILES string of the molecule is C[C@@H](OC(=O)CCNC(N)=O)C(=O)N1CCCc2ccccc21. The summed E-state index contributed by atoms with van der Waals surface area (Å²) in [7, 11) is 0. The van der Waals surface area contributed by atoms with Gasteiger partial charge in [-0.2, -0.15) is 0 Å². The number of urea groups is 1. The summed E-state index contributed by atoms with van der Waals surface area (Å²) in [5.41, 5.74) is 6.91. The highest BCUT2D eigenvalue weighted by molar-refractivity contribution is 5.98. The summed E-state index contributed by atoms with van der Waals surface area (Å²) < 4.78 is 5.14. The number of anilines is 1. The third-order valence-electron chi connectivity index (χ3n) is 3.66. The maximum atomic E-state index is 12.5. The monoisotopic (exact) mass is 319 g/mol. The van der Waals surface area contributed by atoms with Crippen LogP contribution < -0.4 is 16.0 Å². The number of fused-ring (bicyclic) bond motifs is 1. The molecule has 0 aliphatic carbocycles. The normalized spacial score (nSPS) is 14.6. The van der Waals surface area contributed by atoms with Crippen LogP contribution in [0, 0.1) is 0 Å². The van der Waals surface area contributed by atoms with E-state index in [9.17, 15) is 14.4 Å². The van der Waals surface area contributed by atoms with Crippen LogP contribution >= 0.6 is 0 Å². The highest BCUT2D eigenvalue weighted by Gasteiger charge is 2.28. The Morgan fingerprint density at radius 3 is 2.83 bits per heavy atom. The van der Waals surface area contributed by atoms with Crippen molar-refractivity contribution in [1.29, 1.82) is 0 Å². The second-order valence-corrected chi connectivity index (χ2v) is 5.40. The van der Waals surface area contributed by atoms with Crippen molar-refractivity contribution < 1.29 is 19.1 Å². The third kappa shape index (κ3) is 4.45. The second-order valence-electron chi connectivity index (χ2n) is 5.40. The van der Waals surface area contributed by atoms with Crippen molar-refractivity contribution in [2.45, 2.75) is 32.3 Å². The molecule has 1 atom stereocenters. The first-order chi connectivity index (χ1) is 11.0. The van der Waals surface area contributed by atoms with Crippen LogP contribution in [0.3, 0.4) is 0 Å². The Balaban J connectivity index is 1.93. The zero-order valence-electron chi connectivity index (χ0n) is 13.1. The summed E-state index contributed by atoms with van der Waals surface area (Å²) >= 11 is 0. The van der Waals surface area contributed by atoms with Crippen LogP contribution in [0.5, 0.6) is 0 Å². The number of para-hydroxylation sites is 1. The van der Waals surface area contributed by atoms with Gasteiger partial charge in [0, 0.05) is 18.8 Å². The van der Waals surface area contributed by atoms with E-state index in [0.29, 0.717) is 6.54 Å². The van der Waals surface area contributed by atoms with Gasteiger partial charge in [-0.3, -0.25) is 9.59 Å². The van der Waals surface area contributed by atoms with Gasteiger partial charge in [0.1, 0.15) is 0 Å². The predicted octanol–water partition coefficient (Wildman–Crippen LogP) is 0.956. The highest BCUT2D eigenvalue weighted by Crippen LogP contribution is 2.27. The zero-order valence-corrected chi connectivity index (χ0v) is 13.1. The minimum Gasteiger partial charge on any atom is -0.452 e. The van der Waals surface area contributed by atoms with E-state index in [-0.39, 0.29) is 18.9 Å². The van der Waals surface area contributed by atoms with Crippen molar-refractivity contribution in [3.63, 3.8) is 0 Å². The van der Waals surface area contributed by atoms with E-state index in [2.05, 4.69) is 5.32 Å².